The summed E-state index contributed by atoms with van der Waals surface area (Å²) in [5.41, 5.74) is 2.18. The van der Waals surface area contributed by atoms with E-state index in [2.05, 4.69) is 21.7 Å². The van der Waals surface area contributed by atoms with Crippen LogP contribution in [0.15, 0.2) is 36.5 Å². The predicted molar refractivity (Wildman–Crippen MR) is 95.0 cm³/mol. The molecule has 0 bridgehead atoms. The van der Waals surface area contributed by atoms with Crippen molar-refractivity contribution in [2.45, 2.75) is 25.8 Å². The van der Waals surface area contributed by atoms with Crippen LogP contribution in [0.25, 0.3) is 10.9 Å². The smallest absolute Gasteiger partial charge is 0.239 e. The molecule has 2 atom stereocenters. The molecular weight excluding hydrogens is 318 g/mol. The minimum absolute atomic E-state index is 0.00802. The number of carbonyl (C=O) groups excluding carboxylic acids is 2. The Morgan fingerprint density at radius 2 is 2.04 bits per heavy atom. The van der Waals surface area contributed by atoms with Gasteiger partial charge in [0.15, 0.2) is 0 Å². The number of hydrogen-bond donors (Lipinski definition) is 2. The highest BCUT2D eigenvalue weighted by Crippen LogP contribution is 2.24. The van der Waals surface area contributed by atoms with E-state index in [1.165, 1.54) is 5.56 Å². The maximum atomic E-state index is 12.0. The maximum absolute atomic E-state index is 12.0. The van der Waals surface area contributed by atoms with Gasteiger partial charge in [-0.15, -0.1) is 0 Å². The molecule has 0 spiro atoms. The standard InChI is InChI=1S/C19H23N3O3/c1-2-18(23)21-10-19(24)22-17-12-25-11-14(17)9-13-7-8-20-16-6-4-3-5-15(13)16/h3-8,14,17H,2,9-12H2,1H3,(H,21,23)(H,22,24)/t14-,17-/m1/s1. The molecular formula is C19H23N3O3. The van der Waals surface area contributed by atoms with Gasteiger partial charge < -0.3 is 15.4 Å². The predicted octanol–water partition coefficient (Wildman–Crippen LogP) is 1.43. The second kappa shape index (κ2) is 8.07. The van der Waals surface area contributed by atoms with Crippen molar-refractivity contribution in [1.82, 2.24) is 15.6 Å². The summed E-state index contributed by atoms with van der Waals surface area (Å²) >= 11 is 0. The zero-order chi connectivity index (χ0) is 17.6. The molecule has 2 N–H and O–H groups in total. The lowest BCUT2D eigenvalue weighted by molar-refractivity contribution is -0.126. The lowest BCUT2D eigenvalue weighted by Gasteiger charge is -2.20. The Balaban J connectivity index is 1.63. The van der Waals surface area contributed by atoms with E-state index in [1.54, 1.807) is 6.92 Å². The van der Waals surface area contributed by atoms with Crippen molar-refractivity contribution in [2.75, 3.05) is 19.8 Å². The number of nitrogens with zero attached hydrogens (tertiary/aromatic N) is 1. The minimum Gasteiger partial charge on any atom is -0.379 e. The summed E-state index contributed by atoms with van der Waals surface area (Å²) in [7, 11) is 0. The van der Waals surface area contributed by atoms with Gasteiger partial charge in [0.2, 0.25) is 11.8 Å². The number of benzene rings is 1. The van der Waals surface area contributed by atoms with Crippen LogP contribution in [-0.2, 0) is 20.7 Å². The highest BCUT2D eigenvalue weighted by Gasteiger charge is 2.30. The Labute approximate surface area is 147 Å². The number of hydrogen-bond acceptors (Lipinski definition) is 4. The van der Waals surface area contributed by atoms with Gasteiger partial charge in [0, 0.05) is 23.9 Å². The third-order valence-corrected chi connectivity index (χ3v) is 4.53. The molecule has 25 heavy (non-hydrogen) atoms. The zero-order valence-corrected chi connectivity index (χ0v) is 14.3. The van der Waals surface area contributed by atoms with E-state index in [1.807, 2.05) is 30.5 Å². The van der Waals surface area contributed by atoms with Crippen LogP contribution in [0.5, 0.6) is 0 Å². The molecule has 0 unspecified atom stereocenters. The third kappa shape index (κ3) is 4.33. The number of aromatic nitrogens is 1. The van der Waals surface area contributed by atoms with Crippen LogP contribution in [0.4, 0.5) is 0 Å². The van der Waals surface area contributed by atoms with Gasteiger partial charge >= 0.3 is 0 Å². The van der Waals surface area contributed by atoms with Gasteiger partial charge in [0.1, 0.15) is 0 Å². The van der Waals surface area contributed by atoms with Crippen LogP contribution in [0.2, 0.25) is 0 Å². The summed E-state index contributed by atoms with van der Waals surface area (Å²) in [6.45, 7) is 2.88. The molecule has 1 aromatic carbocycles. The summed E-state index contributed by atoms with van der Waals surface area (Å²) in [6.07, 6.45) is 3.01. The highest BCUT2D eigenvalue weighted by molar-refractivity contribution is 5.84. The first kappa shape index (κ1) is 17.4. The second-order valence-electron chi connectivity index (χ2n) is 6.29. The molecule has 6 heteroatoms. The van der Waals surface area contributed by atoms with E-state index >= 15 is 0 Å². The van der Waals surface area contributed by atoms with Gasteiger partial charge in [-0.1, -0.05) is 25.1 Å². The molecule has 2 heterocycles. The van der Waals surface area contributed by atoms with Crippen molar-refractivity contribution in [2.24, 2.45) is 5.92 Å². The lowest BCUT2D eigenvalue weighted by atomic mass is 9.93. The number of carbonyl (C=O) groups is 2. The summed E-state index contributed by atoms with van der Waals surface area (Å²) in [4.78, 5) is 27.7. The second-order valence-corrected chi connectivity index (χ2v) is 6.29. The number of pyridine rings is 1. The van der Waals surface area contributed by atoms with E-state index in [4.69, 9.17) is 4.74 Å². The Morgan fingerprint density at radius 1 is 1.20 bits per heavy atom. The molecule has 1 aromatic heterocycles. The first-order valence-electron chi connectivity index (χ1n) is 8.63. The summed E-state index contributed by atoms with van der Waals surface area (Å²) in [5, 5.41) is 6.71. The number of rotatable bonds is 6. The summed E-state index contributed by atoms with van der Waals surface area (Å²) in [6, 6.07) is 10.0. The van der Waals surface area contributed by atoms with Crippen LogP contribution in [0.3, 0.4) is 0 Å². The van der Waals surface area contributed by atoms with Crippen molar-refractivity contribution in [1.29, 1.82) is 0 Å². The average molecular weight is 341 g/mol. The van der Waals surface area contributed by atoms with Gasteiger partial charge in [0.05, 0.1) is 31.3 Å². The molecule has 0 saturated carbocycles. The largest absolute Gasteiger partial charge is 0.379 e. The molecule has 2 aromatic rings. The topological polar surface area (TPSA) is 80.3 Å². The fourth-order valence-corrected chi connectivity index (χ4v) is 3.14. The fourth-order valence-electron chi connectivity index (χ4n) is 3.14. The van der Waals surface area contributed by atoms with Crippen molar-refractivity contribution < 1.29 is 14.3 Å². The quantitative estimate of drug-likeness (QED) is 0.833. The molecule has 0 radical (unpaired) electrons. The van der Waals surface area contributed by atoms with Crippen molar-refractivity contribution in [3.05, 3.63) is 42.1 Å². The van der Waals surface area contributed by atoms with E-state index in [9.17, 15) is 9.59 Å². The van der Waals surface area contributed by atoms with E-state index in [-0.39, 0.29) is 30.3 Å². The minimum atomic E-state index is -0.179. The molecule has 6 nitrogen and oxygen atoms in total. The molecule has 2 amide bonds. The third-order valence-electron chi connectivity index (χ3n) is 4.53. The molecule has 132 valence electrons. The fraction of sp³-hybridized carbons (Fsp3) is 0.421. The van der Waals surface area contributed by atoms with Crippen molar-refractivity contribution in [3.8, 4) is 0 Å². The van der Waals surface area contributed by atoms with Gasteiger partial charge in [-0.2, -0.15) is 0 Å². The Kier molecular flexibility index (Phi) is 5.60. The van der Waals surface area contributed by atoms with Crippen LogP contribution in [-0.4, -0.2) is 42.6 Å². The Hall–Kier alpha value is -2.47. The van der Waals surface area contributed by atoms with Gasteiger partial charge in [0.25, 0.3) is 0 Å². The Morgan fingerprint density at radius 3 is 2.88 bits per heavy atom. The van der Waals surface area contributed by atoms with Crippen LogP contribution in [0.1, 0.15) is 18.9 Å². The van der Waals surface area contributed by atoms with Crippen LogP contribution in [0, 0.1) is 5.92 Å². The monoisotopic (exact) mass is 341 g/mol. The zero-order valence-electron chi connectivity index (χ0n) is 14.3. The van der Waals surface area contributed by atoms with Crippen molar-refractivity contribution in [3.63, 3.8) is 0 Å². The number of fused-ring (bicyclic) bond motifs is 1. The Bertz CT molecular complexity index is 757. The first-order valence-corrected chi connectivity index (χ1v) is 8.63. The van der Waals surface area contributed by atoms with Crippen molar-refractivity contribution >= 4 is 22.7 Å². The molecule has 1 fully saturated rings. The van der Waals surface area contributed by atoms with E-state index < -0.39 is 0 Å². The van der Waals surface area contributed by atoms with Gasteiger partial charge in [-0.05, 0) is 24.1 Å². The van der Waals surface area contributed by atoms with Crippen LogP contribution < -0.4 is 10.6 Å². The SMILES string of the molecule is CCC(=O)NCC(=O)N[C@@H]1COC[C@H]1Cc1ccnc2ccccc12. The van der Waals surface area contributed by atoms with Crippen LogP contribution >= 0.6 is 0 Å². The van der Waals surface area contributed by atoms with Gasteiger partial charge in [-0.3, -0.25) is 14.6 Å². The number of nitrogens with one attached hydrogen (secondary N) is 2. The summed E-state index contributed by atoms with van der Waals surface area (Å²) < 4.78 is 5.58. The van der Waals surface area contributed by atoms with E-state index in [0.29, 0.717) is 19.6 Å². The summed E-state index contributed by atoms with van der Waals surface area (Å²) in [5.74, 6) is -0.101. The number of amides is 2. The maximum Gasteiger partial charge on any atom is 0.239 e. The molecule has 0 aliphatic carbocycles. The molecule has 1 saturated heterocycles. The molecule has 1 aliphatic heterocycles. The van der Waals surface area contributed by atoms with E-state index in [0.717, 1.165) is 17.3 Å². The molecule has 1 aliphatic rings. The lowest BCUT2D eigenvalue weighted by Crippen LogP contribution is -2.45. The normalized spacial score (nSPS) is 19.7. The first-order chi connectivity index (χ1) is 12.2. The van der Waals surface area contributed by atoms with Gasteiger partial charge in [-0.25, -0.2) is 0 Å². The number of ether oxygens (including phenoxy) is 1. The highest BCUT2D eigenvalue weighted by atomic mass is 16.5. The molecule has 3 rings (SSSR count). The average Bonchev–Trinajstić information content (AvgIpc) is 3.06. The number of para-hydroxylation sites is 1.